The number of sulfone groups is 1. The number of nitrogens with one attached hydrogen (secondary N) is 1. The van der Waals surface area contributed by atoms with E-state index in [0.717, 1.165) is 31.9 Å². The minimum Gasteiger partial charge on any atom is -0.364 e. The van der Waals surface area contributed by atoms with Crippen LogP contribution in [0.2, 0.25) is 0 Å². The number of aliphatic imine (C=N–C) groups is 1. The summed E-state index contributed by atoms with van der Waals surface area (Å²) in [5.41, 5.74) is 2.39. The van der Waals surface area contributed by atoms with Crippen LogP contribution in [0.1, 0.15) is 36.8 Å². The average Bonchev–Trinajstić information content (AvgIpc) is 3.11. The van der Waals surface area contributed by atoms with E-state index in [1.165, 1.54) is 24.0 Å². The second kappa shape index (κ2) is 6.48. The Hall–Kier alpha value is -1.60. The first-order valence-corrected chi connectivity index (χ1v) is 11.8. The van der Waals surface area contributed by atoms with Gasteiger partial charge in [-0.3, -0.25) is 4.99 Å². The fraction of sp³-hybridized carbons (Fsp3) is 0.650. The third kappa shape index (κ3) is 3.47. The smallest absolute Gasteiger partial charge is 0.194 e. The van der Waals surface area contributed by atoms with Gasteiger partial charge in [-0.25, -0.2) is 8.42 Å². The third-order valence-electron chi connectivity index (χ3n) is 6.28. The summed E-state index contributed by atoms with van der Waals surface area (Å²) in [7, 11) is -2.85. The maximum Gasteiger partial charge on any atom is 0.194 e. The van der Waals surface area contributed by atoms with E-state index in [1.807, 2.05) is 0 Å². The molecule has 2 saturated heterocycles. The largest absolute Gasteiger partial charge is 0.364 e. The molecule has 4 aliphatic rings. The summed E-state index contributed by atoms with van der Waals surface area (Å²) in [5, 5.41) is 3.58. The summed E-state index contributed by atoms with van der Waals surface area (Å²) in [6, 6.07) is 9.04. The lowest BCUT2D eigenvalue weighted by Crippen LogP contribution is -2.43. The van der Waals surface area contributed by atoms with Crippen LogP contribution in [-0.4, -0.2) is 56.5 Å². The minimum absolute atomic E-state index is 0.158. The van der Waals surface area contributed by atoms with Crippen LogP contribution in [-0.2, 0) is 26.8 Å². The fourth-order valence-corrected chi connectivity index (χ4v) is 6.41. The molecule has 1 aromatic rings. The first kappa shape index (κ1) is 17.5. The van der Waals surface area contributed by atoms with Crippen LogP contribution in [0, 0.1) is 5.92 Å². The number of fused-ring (bicyclic) bond motifs is 2. The standard InChI is InChI=1S/C20H27N3O3S/c24-27(25)10-7-15(13-27)11-21-19(22-17-5-6-17)23-9-8-20(14-23)18-4-2-1-3-16(18)12-26-20/h1-4,15,17H,5-14H2,(H,21,22). The summed E-state index contributed by atoms with van der Waals surface area (Å²) >= 11 is 0. The van der Waals surface area contributed by atoms with Gasteiger partial charge in [0.25, 0.3) is 0 Å². The fourth-order valence-electron chi connectivity index (χ4n) is 4.56. The number of ether oxygens (including phenoxy) is 1. The van der Waals surface area contributed by atoms with Gasteiger partial charge in [-0.2, -0.15) is 0 Å². The van der Waals surface area contributed by atoms with E-state index in [9.17, 15) is 8.42 Å². The van der Waals surface area contributed by atoms with Gasteiger partial charge in [0.15, 0.2) is 15.8 Å². The number of hydrogen-bond acceptors (Lipinski definition) is 4. The summed E-state index contributed by atoms with van der Waals surface area (Å²) in [4.78, 5) is 7.16. The number of nitrogens with zero attached hydrogens (tertiary/aromatic N) is 2. The predicted molar refractivity (Wildman–Crippen MR) is 104 cm³/mol. The van der Waals surface area contributed by atoms with Crippen molar-refractivity contribution in [3.63, 3.8) is 0 Å². The molecular weight excluding hydrogens is 362 g/mol. The Balaban J connectivity index is 1.32. The molecule has 5 rings (SSSR count). The van der Waals surface area contributed by atoms with Crippen LogP contribution >= 0.6 is 0 Å². The van der Waals surface area contributed by atoms with Crippen molar-refractivity contribution in [2.24, 2.45) is 10.9 Å². The van der Waals surface area contributed by atoms with Crippen LogP contribution in [0.3, 0.4) is 0 Å². The molecule has 3 heterocycles. The van der Waals surface area contributed by atoms with Crippen LogP contribution in [0.25, 0.3) is 0 Å². The van der Waals surface area contributed by atoms with Crippen LogP contribution in [0.4, 0.5) is 0 Å². The Morgan fingerprint density at radius 3 is 2.93 bits per heavy atom. The van der Waals surface area contributed by atoms with Crippen LogP contribution in [0.5, 0.6) is 0 Å². The number of likely N-dealkylation sites (tertiary alicyclic amines) is 1. The monoisotopic (exact) mass is 389 g/mol. The lowest BCUT2D eigenvalue weighted by Gasteiger charge is -2.27. The topological polar surface area (TPSA) is 71.0 Å². The van der Waals surface area contributed by atoms with Crippen molar-refractivity contribution in [3.05, 3.63) is 35.4 Å². The molecule has 146 valence electrons. The predicted octanol–water partition coefficient (Wildman–Crippen LogP) is 1.66. The second-order valence-corrected chi connectivity index (χ2v) is 10.7. The van der Waals surface area contributed by atoms with Crippen molar-refractivity contribution in [2.45, 2.75) is 43.9 Å². The molecule has 1 aliphatic carbocycles. The average molecular weight is 390 g/mol. The Labute approximate surface area is 160 Å². The minimum atomic E-state index is -2.85. The van der Waals surface area contributed by atoms with Gasteiger partial charge >= 0.3 is 0 Å². The molecule has 3 fully saturated rings. The molecule has 2 unspecified atom stereocenters. The number of hydrogen-bond donors (Lipinski definition) is 1. The highest BCUT2D eigenvalue weighted by molar-refractivity contribution is 7.91. The van der Waals surface area contributed by atoms with Crippen molar-refractivity contribution in [1.82, 2.24) is 10.2 Å². The first-order valence-electron chi connectivity index (χ1n) is 10.0. The van der Waals surface area contributed by atoms with E-state index in [0.29, 0.717) is 24.9 Å². The Morgan fingerprint density at radius 2 is 2.15 bits per heavy atom. The number of benzene rings is 1. The maximum atomic E-state index is 11.7. The molecule has 0 radical (unpaired) electrons. The zero-order chi connectivity index (χ0) is 18.5. The first-order chi connectivity index (χ1) is 13.0. The van der Waals surface area contributed by atoms with E-state index in [1.54, 1.807) is 0 Å². The zero-order valence-corrected chi connectivity index (χ0v) is 16.4. The molecule has 27 heavy (non-hydrogen) atoms. The van der Waals surface area contributed by atoms with E-state index in [2.05, 4.69) is 34.5 Å². The van der Waals surface area contributed by atoms with Gasteiger partial charge in [-0.15, -0.1) is 0 Å². The van der Waals surface area contributed by atoms with Crippen molar-refractivity contribution >= 4 is 15.8 Å². The van der Waals surface area contributed by atoms with Gasteiger partial charge < -0.3 is 15.0 Å². The van der Waals surface area contributed by atoms with Crippen molar-refractivity contribution in [1.29, 1.82) is 0 Å². The zero-order valence-electron chi connectivity index (χ0n) is 15.6. The lowest BCUT2D eigenvalue weighted by molar-refractivity contribution is -0.0262. The van der Waals surface area contributed by atoms with Gasteiger partial charge in [-0.05, 0) is 42.7 Å². The van der Waals surface area contributed by atoms with Gasteiger partial charge in [0.2, 0.25) is 0 Å². The van der Waals surface area contributed by atoms with Crippen molar-refractivity contribution in [3.8, 4) is 0 Å². The highest BCUT2D eigenvalue weighted by Crippen LogP contribution is 2.43. The number of rotatable bonds is 3. The lowest BCUT2D eigenvalue weighted by atomic mass is 9.92. The summed E-state index contributed by atoms with van der Waals surface area (Å²) in [6.07, 6.45) is 4.08. The molecule has 0 aromatic heterocycles. The Bertz CT molecular complexity index is 865. The van der Waals surface area contributed by atoms with E-state index in [4.69, 9.17) is 9.73 Å². The summed E-state index contributed by atoms with van der Waals surface area (Å²) in [6.45, 7) is 3.00. The number of guanidine groups is 1. The van der Waals surface area contributed by atoms with E-state index < -0.39 is 9.84 Å². The molecule has 1 saturated carbocycles. The summed E-state index contributed by atoms with van der Waals surface area (Å²) in [5.74, 6) is 1.70. The SMILES string of the molecule is O=S1(=O)CCC(CN=C(NC2CC2)N2CCC3(C2)OCc2ccccc23)C1. The third-order valence-corrected chi connectivity index (χ3v) is 8.12. The molecule has 1 spiro atoms. The molecule has 3 aliphatic heterocycles. The Kier molecular flexibility index (Phi) is 4.20. The van der Waals surface area contributed by atoms with Crippen molar-refractivity contribution < 1.29 is 13.2 Å². The molecular formula is C20H27N3O3S. The molecule has 6 nitrogen and oxygen atoms in total. The highest BCUT2D eigenvalue weighted by atomic mass is 32.2. The molecule has 0 amide bonds. The van der Waals surface area contributed by atoms with Crippen LogP contribution in [0.15, 0.2) is 29.3 Å². The van der Waals surface area contributed by atoms with Crippen molar-refractivity contribution in [2.75, 3.05) is 31.1 Å². The van der Waals surface area contributed by atoms with Gasteiger partial charge in [0.05, 0.1) is 24.7 Å². The molecule has 2 atom stereocenters. The molecule has 7 heteroatoms. The molecule has 1 N–H and O–H groups in total. The maximum absolute atomic E-state index is 11.7. The van der Waals surface area contributed by atoms with Gasteiger partial charge in [-0.1, -0.05) is 24.3 Å². The second-order valence-electron chi connectivity index (χ2n) is 8.46. The highest BCUT2D eigenvalue weighted by Gasteiger charge is 2.46. The van der Waals surface area contributed by atoms with Gasteiger partial charge in [0, 0.05) is 19.1 Å². The van der Waals surface area contributed by atoms with Gasteiger partial charge in [0.1, 0.15) is 5.60 Å². The van der Waals surface area contributed by atoms with Crippen LogP contribution < -0.4 is 5.32 Å². The molecule has 1 aromatic carbocycles. The normalized spacial score (nSPS) is 32.2. The van der Waals surface area contributed by atoms with E-state index >= 15 is 0 Å². The summed E-state index contributed by atoms with van der Waals surface area (Å²) < 4.78 is 29.7. The van der Waals surface area contributed by atoms with E-state index in [-0.39, 0.29) is 17.3 Å². The Morgan fingerprint density at radius 1 is 1.30 bits per heavy atom. The quantitative estimate of drug-likeness (QED) is 0.629. The molecule has 0 bridgehead atoms.